The topological polar surface area (TPSA) is 76.7 Å². The maximum Gasteiger partial charge on any atom is 0.271 e. The standard InChI is InChI=1S/C29H35N3O4/c1-29(28(34)30-22-11-6-4-3-5-7-12-22)20-31-24(26-14-9-17-36-26)15-16-25(31)27(33)32(29)19-21-10-8-13-23(18-21)35-2/h8-10,13-18,22H,3-7,11-12,19-20H2,1-2H3,(H,30,34). The molecule has 7 nitrogen and oxygen atoms in total. The smallest absolute Gasteiger partial charge is 0.271 e. The summed E-state index contributed by atoms with van der Waals surface area (Å²) < 4.78 is 13.0. The molecule has 1 aromatic carbocycles. The van der Waals surface area contributed by atoms with Crippen molar-refractivity contribution in [2.45, 2.75) is 76.5 Å². The molecule has 0 radical (unpaired) electrons. The Morgan fingerprint density at radius 2 is 1.81 bits per heavy atom. The summed E-state index contributed by atoms with van der Waals surface area (Å²) in [5, 5.41) is 3.34. The summed E-state index contributed by atoms with van der Waals surface area (Å²) in [5.74, 6) is 1.13. The van der Waals surface area contributed by atoms with Crippen molar-refractivity contribution in [3.05, 3.63) is 66.1 Å². The number of fused-ring (bicyclic) bond motifs is 1. The lowest BCUT2D eigenvalue weighted by molar-refractivity contribution is -0.134. The first-order chi connectivity index (χ1) is 17.5. The summed E-state index contributed by atoms with van der Waals surface area (Å²) in [4.78, 5) is 29.7. The first-order valence-corrected chi connectivity index (χ1v) is 13.0. The molecular formula is C29H35N3O4. The summed E-state index contributed by atoms with van der Waals surface area (Å²) in [6.07, 6.45) is 9.53. The van der Waals surface area contributed by atoms with Crippen molar-refractivity contribution in [2.24, 2.45) is 0 Å². The highest BCUT2D eigenvalue weighted by molar-refractivity contribution is 6.00. The Hall–Kier alpha value is -3.48. The van der Waals surface area contributed by atoms with Crippen LogP contribution < -0.4 is 10.1 Å². The number of rotatable bonds is 6. The van der Waals surface area contributed by atoms with Crippen molar-refractivity contribution < 1.29 is 18.7 Å². The number of carbonyl (C=O) groups is 2. The highest BCUT2D eigenvalue weighted by atomic mass is 16.5. The van der Waals surface area contributed by atoms with Crippen LogP contribution in [0.5, 0.6) is 5.75 Å². The predicted octanol–water partition coefficient (Wildman–Crippen LogP) is 5.40. The highest BCUT2D eigenvalue weighted by Gasteiger charge is 2.48. The van der Waals surface area contributed by atoms with E-state index in [9.17, 15) is 9.59 Å². The molecule has 5 rings (SSSR count). The summed E-state index contributed by atoms with van der Waals surface area (Å²) in [7, 11) is 1.63. The number of benzene rings is 1. The Morgan fingerprint density at radius 3 is 2.53 bits per heavy atom. The Labute approximate surface area is 212 Å². The minimum Gasteiger partial charge on any atom is -0.497 e. The van der Waals surface area contributed by atoms with Gasteiger partial charge in [-0.05, 0) is 61.7 Å². The van der Waals surface area contributed by atoms with Gasteiger partial charge in [-0.25, -0.2) is 0 Å². The third-order valence-electron chi connectivity index (χ3n) is 7.68. The summed E-state index contributed by atoms with van der Waals surface area (Å²) >= 11 is 0. The third kappa shape index (κ3) is 4.66. The number of hydrogen-bond donors (Lipinski definition) is 1. The van der Waals surface area contributed by atoms with E-state index < -0.39 is 5.54 Å². The minimum atomic E-state index is -1.07. The summed E-state index contributed by atoms with van der Waals surface area (Å²) in [6.45, 7) is 2.55. The van der Waals surface area contributed by atoms with E-state index in [4.69, 9.17) is 9.15 Å². The van der Waals surface area contributed by atoms with Gasteiger partial charge < -0.3 is 23.9 Å². The van der Waals surface area contributed by atoms with Crippen molar-refractivity contribution in [3.8, 4) is 17.2 Å². The maximum absolute atomic E-state index is 14.0. The van der Waals surface area contributed by atoms with E-state index in [0.29, 0.717) is 24.5 Å². The molecule has 1 aliphatic carbocycles. The van der Waals surface area contributed by atoms with Crippen LogP contribution >= 0.6 is 0 Å². The first kappa shape index (κ1) is 24.2. The molecule has 1 atom stereocenters. The van der Waals surface area contributed by atoms with Crippen LogP contribution in [0.15, 0.2) is 59.2 Å². The number of methoxy groups -OCH3 is 1. The van der Waals surface area contributed by atoms with Gasteiger partial charge in [-0.15, -0.1) is 0 Å². The van der Waals surface area contributed by atoms with Gasteiger partial charge in [0.15, 0.2) is 0 Å². The Balaban J connectivity index is 1.50. The molecule has 1 fully saturated rings. The molecule has 2 aromatic heterocycles. The van der Waals surface area contributed by atoms with Crippen molar-refractivity contribution in [1.82, 2.24) is 14.8 Å². The number of ether oxygens (including phenoxy) is 1. The van der Waals surface area contributed by atoms with Gasteiger partial charge >= 0.3 is 0 Å². The zero-order valence-electron chi connectivity index (χ0n) is 21.2. The lowest BCUT2D eigenvalue weighted by Crippen LogP contribution is -2.64. The van der Waals surface area contributed by atoms with Crippen LogP contribution in [0.3, 0.4) is 0 Å². The number of hydrogen-bond acceptors (Lipinski definition) is 4. The van der Waals surface area contributed by atoms with E-state index in [1.165, 1.54) is 19.3 Å². The van der Waals surface area contributed by atoms with E-state index >= 15 is 0 Å². The molecule has 1 N–H and O–H groups in total. The van der Waals surface area contributed by atoms with Gasteiger partial charge in [-0.3, -0.25) is 9.59 Å². The SMILES string of the molecule is COc1cccc(CN2C(=O)c3ccc(-c4ccco4)n3CC2(C)C(=O)NC2CCCCCCC2)c1. The van der Waals surface area contributed by atoms with Gasteiger partial charge in [0.25, 0.3) is 5.91 Å². The van der Waals surface area contributed by atoms with Crippen LogP contribution in [-0.4, -0.2) is 40.0 Å². The molecule has 7 heteroatoms. The number of furan rings is 1. The molecule has 3 heterocycles. The van der Waals surface area contributed by atoms with Crippen molar-refractivity contribution >= 4 is 11.8 Å². The number of carbonyl (C=O) groups excluding carboxylic acids is 2. The Bertz CT molecular complexity index is 1210. The van der Waals surface area contributed by atoms with Crippen molar-refractivity contribution in [1.29, 1.82) is 0 Å². The molecule has 0 spiro atoms. The lowest BCUT2D eigenvalue weighted by atomic mass is 9.91. The normalized spacial score (nSPS) is 20.9. The Morgan fingerprint density at radius 1 is 1.06 bits per heavy atom. The molecule has 0 bridgehead atoms. The zero-order chi connectivity index (χ0) is 25.1. The van der Waals surface area contributed by atoms with Crippen LogP contribution in [-0.2, 0) is 17.9 Å². The third-order valence-corrected chi connectivity index (χ3v) is 7.68. The fraction of sp³-hybridized carbons (Fsp3) is 0.448. The van der Waals surface area contributed by atoms with Crippen molar-refractivity contribution in [2.75, 3.05) is 7.11 Å². The molecule has 1 saturated carbocycles. The predicted molar refractivity (Wildman–Crippen MR) is 138 cm³/mol. The van der Waals surface area contributed by atoms with Gasteiger partial charge in [0, 0.05) is 12.6 Å². The molecule has 2 aliphatic rings. The Kier molecular flexibility index (Phi) is 6.90. The first-order valence-electron chi connectivity index (χ1n) is 13.0. The number of nitrogens with one attached hydrogen (secondary N) is 1. The van der Waals surface area contributed by atoms with Gasteiger partial charge in [-0.2, -0.15) is 0 Å². The van der Waals surface area contributed by atoms with Gasteiger partial charge in [0.2, 0.25) is 5.91 Å². The van der Waals surface area contributed by atoms with Crippen LogP contribution in [0.25, 0.3) is 11.5 Å². The van der Waals surface area contributed by atoms with E-state index in [-0.39, 0.29) is 17.9 Å². The van der Waals surface area contributed by atoms with Crippen molar-refractivity contribution in [3.63, 3.8) is 0 Å². The van der Waals surface area contributed by atoms with E-state index in [2.05, 4.69) is 5.32 Å². The fourth-order valence-corrected chi connectivity index (χ4v) is 5.56. The molecule has 1 aliphatic heterocycles. The molecule has 3 aromatic rings. The molecular weight excluding hydrogens is 454 g/mol. The second-order valence-electron chi connectivity index (χ2n) is 10.2. The second-order valence-corrected chi connectivity index (χ2v) is 10.2. The number of aromatic nitrogens is 1. The second kappa shape index (κ2) is 10.2. The molecule has 36 heavy (non-hydrogen) atoms. The fourth-order valence-electron chi connectivity index (χ4n) is 5.56. The number of amides is 2. The molecule has 0 saturated heterocycles. The molecule has 2 amide bonds. The average Bonchev–Trinajstić information content (AvgIpc) is 3.53. The molecule has 190 valence electrons. The monoisotopic (exact) mass is 489 g/mol. The number of nitrogens with zero attached hydrogens (tertiary/aromatic N) is 2. The highest BCUT2D eigenvalue weighted by Crippen LogP contribution is 2.35. The van der Waals surface area contributed by atoms with Gasteiger partial charge in [0.1, 0.15) is 22.7 Å². The minimum absolute atomic E-state index is 0.103. The summed E-state index contributed by atoms with van der Waals surface area (Å²) in [6, 6.07) is 15.2. The van der Waals surface area contributed by atoms with E-state index in [1.54, 1.807) is 18.3 Å². The van der Waals surface area contributed by atoms with Crippen LogP contribution in [0.2, 0.25) is 0 Å². The van der Waals surface area contributed by atoms with Crippen LogP contribution in [0.1, 0.15) is 67.9 Å². The largest absolute Gasteiger partial charge is 0.497 e. The quantitative estimate of drug-likeness (QED) is 0.503. The zero-order valence-corrected chi connectivity index (χ0v) is 21.2. The van der Waals surface area contributed by atoms with Crippen LogP contribution in [0.4, 0.5) is 0 Å². The maximum atomic E-state index is 14.0. The molecule has 1 unspecified atom stereocenters. The van der Waals surface area contributed by atoms with Gasteiger partial charge in [-0.1, -0.05) is 44.2 Å². The van der Waals surface area contributed by atoms with Crippen LogP contribution in [0, 0.1) is 0 Å². The van der Waals surface area contributed by atoms with Gasteiger partial charge in [0.05, 0.1) is 25.6 Å². The summed E-state index contributed by atoms with van der Waals surface area (Å²) in [5.41, 5.74) is 1.20. The average molecular weight is 490 g/mol. The lowest BCUT2D eigenvalue weighted by Gasteiger charge is -2.45. The van der Waals surface area contributed by atoms with E-state index in [1.807, 2.05) is 60.0 Å². The van der Waals surface area contributed by atoms with E-state index in [0.717, 1.165) is 42.7 Å².